The smallest absolute Gasteiger partial charge is 0.253 e. The van der Waals surface area contributed by atoms with Crippen molar-refractivity contribution in [2.45, 2.75) is 38.3 Å². The molecule has 1 atom stereocenters. The molecule has 33 heavy (non-hydrogen) atoms. The quantitative estimate of drug-likeness (QED) is 0.501. The first-order valence-electron chi connectivity index (χ1n) is 11.8. The fraction of sp³-hybridized carbons (Fsp3) is 0.385. The Morgan fingerprint density at radius 1 is 1.12 bits per heavy atom. The van der Waals surface area contributed by atoms with Crippen molar-refractivity contribution in [1.82, 2.24) is 19.0 Å². The zero-order valence-corrected chi connectivity index (χ0v) is 18.9. The third-order valence-corrected chi connectivity index (χ3v) is 7.12. The van der Waals surface area contributed by atoms with Gasteiger partial charge < -0.3 is 24.9 Å². The number of hydrogen-bond donors (Lipinski definition) is 2. The van der Waals surface area contributed by atoms with Crippen LogP contribution in [0.4, 0.5) is 0 Å². The minimum absolute atomic E-state index is 0.0255. The number of carbonyl (C=O) groups excluding carboxylic acids is 1. The van der Waals surface area contributed by atoms with E-state index < -0.39 is 0 Å². The third-order valence-electron chi connectivity index (χ3n) is 7.12. The van der Waals surface area contributed by atoms with Crippen molar-refractivity contribution in [1.29, 1.82) is 0 Å². The van der Waals surface area contributed by atoms with Crippen molar-refractivity contribution in [3.63, 3.8) is 0 Å². The van der Waals surface area contributed by atoms with Gasteiger partial charge >= 0.3 is 0 Å². The van der Waals surface area contributed by atoms with Gasteiger partial charge in [0.1, 0.15) is 5.75 Å². The Morgan fingerprint density at radius 2 is 1.94 bits per heavy atom. The van der Waals surface area contributed by atoms with E-state index in [4.69, 9.17) is 10.7 Å². The average Bonchev–Trinajstić information content (AvgIpc) is 3.48. The molecule has 0 unspecified atom stereocenters. The topological polar surface area (TPSA) is 89.3 Å². The third kappa shape index (κ3) is 3.56. The number of hydrogen-bond acceptors (Lipinski definition) is 4. The number of aromatic hydroxyl groups is 1. The van der Waals surface area contributed by atoms with Crippen LogP contribution in [0.5, 0.6) is 5.75 Å². The van der Waals surface area contributed by atoms with Crippen LogP contribution in [-0.2, 0) is 13.6 Å². The van der Waals surface area contributed by atoms with Crippen LogP contribution in [0.2, 0.25) is 0 Å². The summed E-state index contributed by atoms with van der Waals surface area (Å²) >= 11 is 0. The molecule has 7 nitrogen and oxygen atoms in total. The summed E-state index contributed by atoms with van der Waals surface area (Å²) in [5.74, 6) is 1.86. The second-order valence-electron chi connectivity index (χ2n) is 9.68. The van der Waals surface area contributed by atoms with Crippen LogP contribution in [0, 0.1) is 5.92 Å². The molecular weight excluding hydrogens is 414 g/mol. The minimum Gasteiger partial charge on any atom is -0.508 e. The number of phenols is 1. The molecule has 1 aliphatic heterocycles. The summed E-state index contributed by atoms with van der Waals surface area (Å²) < 4.78 is 4.42. The molecule has 2 aromatic carbocycles. The molecule has 1 saturated heterocycles. The van der Waals surface area contributed by atoms with E-state index in [1.165, 1.54) is 12.8 Å². The van der Waals surface area contributed by atoms with Gasteiger partial charge in [-0.25, -0.2) is 4.98 Å². The van der Waals surface area contributed by atoms with Gasteiger partial charge in [0.2, 0.25) is 0 Å². The molecule has 3 N–H and O–H groups in total. The molecule has 1 amide bonds. The molecule has 4 aromatic rings. The molecule has 2 aromatic heterocycles. The molecule has 0 spiro atoms. The number of likely N-dealkylation sites (tertiary alicyclic amines) is 1. The van der Waals surface area contributed by atoms with Crippen LogP contribution in [-0.4, -0.2) is 49.2 Å². The molecule has 170 valence electrons. The number of amides is 1. The van der Waals surface area contributed by atoms with E-state index in [-0.39, 0.29) is 17.7 Å². The van der Waals surface area contributed by atoms with E-state index in [2.05, 4.69) is 15.2 Å². The first kappa shape index (κ1) is 20.3. The van der Waals surface area contributed by atoms with Crippen molar-refractivity contribution in [2.24, 2.45) is 18.7 Å². The lowest BCUT2D eigenvalue weighted by atomic mass is 10.1. The maximum Gasteiger partial charge on any atom is 0.253 e. The molecule has 2 aliphatic rings. The van der Waals surface area contributed by atoms with E-state index in [1.807, 2.05) is 42.3 Å². The maximum atomic E-state index is 13.1. The first-order valence-corrected chi connectivity index (χ1v) is 11.8. The number of carbonyl (C=O) groups is 1. The number of benzene rings is 2. The van der Waals surface area contributed by atoms with Gasteiger partial charge in [0, 0.05) is 49.2 Å². The van der Waals surface area contributed by atoms with E-state index >= 15 is 0 Å². The van der Waals surface area contributed by atoms with Gasteiger partial charge in [0.25, 0.3) is 5.91 Å². The normalized spacial score (nSPS) is 19.0. The van der Waals surface area contributed by atoms with E-state index in [0.29, 0.717) is 18.0 Å². The highest BCUT2D eigenvalue weighted by atomic mass is 16.3. The molecule has 1 saturated carbocycles. The van der Waals surface area contributed by atoms with Gasteiger partial charge in [0.15, 0.2) is 5.82 Å². The number of nitrogens with zero attached hydrogens (tertiary/aromatic N) is 4. The molecule has 2 fully saturated rings. The Bertz CT molecular complexity index is 1380. The van der Waals surface area contributed by atoms with Crippen LogP contribution in [0.25, 0.3) is 33.5 Å². The highest BCUT2D eigenvalue weighted by Gasteiger charge is 2.26. The average molecular weight is 444 g/mol. The number of piperidine rings is 1. The second kappa shape index (κ2) is 7.63. The summed E-state index contributed by atoms with van der Waals surface area (Å²) in [6.07, 6.45) is 4.43. The van der Waals surface area contributed by atoms with Crippen LogP contribution < -0.4 is 5.73 Å². The summed E-state index contributed by atoms with van der Waals surface area (Å²) in [5.41, 5.74) is 10.7. The van der Waals surface area contributed by atoms with E-state index in [0.717, 1.165) is 59.4 Å². The van der Waals surface area contributed by atoms with Crippen LogP contribution >= 0.6 is 0 Å². The molecule has 0 radical (unpaired) electrons. The number of nitrogens with two attached hydrogens (primary N) is 1. The molecule has 0 bridgehead atoms. The van der Waals surface area contributed by atoms with Crippen LogP contribution in [0.15, 0.2) is 42.5 Å². The zero-order chi connectivity index (χ0) is 22.7. The van der Waals surface area contributed by atoms with Gasteiger partial charge in [-0.15, -0.1) is 0 Å². The minimum atomic E-state index is 0.0255. The predicted molar refractivity (Wildman–Crippen MR) is 129 cm³/mol. The first-order chi connectivity index (χ1) is 16.0. The number of fused-ring (bicyclic) bond motifs is 2. The molecule has 3 heterocycles. The van der Waals surface area contributed by atoms with Crippen LogP contribution in [0.3, 0.4) is 0 Å². The standard InChI is InChI=1S/C26H29N5O2/c1-29-23-8-6-17(26(33)30-10-2-3-19(27)15-30)12-21(23)28-25(29)24-13-18-11-20(32)7-9-22(18)31(24)14-16-4-5-16/h6-9,11-13,16,19,32H,2-5,10,14-15,27H2,1H3/t19-/m1/s1. The van der Waals surface area contributed by atoms with Crippen LogP contribution in [0.1, 0.15) is 36.0 Å². The molecule has 1 aliphatic carbocycles. The summed E-state index contributed by atoms with van der Waals surface area (Å²) in [6.45, 7) is 2.32. The Morgan fingerprint density at radius 3 is 2.73 bits per heavy atom. The summed E-state index contributed by atoms with van der Waals surface area (Å²) in [5, 5.41) is 11.0. The largest absolute Gasteiger partial charge is 0.508 e. The fourth-order valence-corrected chi connectivity index (χ4v) is 5.14. The van der Waals surface area contributed by atoms with Crippen molar-refractivity contribution in [2.75, 3.05) is 13.1 Å². The molecule has 6 rings (SSSR count). The zero-order valence-electron chi connectivity index (χ0n) is 18.9. The summed E-state index contributed by atoms with van der Waals surface area (Å²) in [7, 11) is 2.02. The molecule has 7 heteroatoms. The van der Waals surface area contributed by atoms with Crippen molar-refractivity contribution < 1.29 is 9.90 Å². The van der Waals surface area contributed by atoms with E-state index in [9.17, 15) is 9.90 Å². The lowest BCUT2D eigenvalue weighted by molar-refractivity contribution is 0.0709. The van der Waals surface area contributed by atoms with Crippen molar-refractivity contribution in [3.05, 3.63) is 48.0 Å². The predicted octanol–water partition coefficient (Wildman–Crippen LogP) is 3.87. The fourth-order valence-electron chi connectivity index (χ4n) is 5.14. The lowest BCUT2D eigenvalue weighted by Gasteiger charge is -2.30. The summed E-state index contributed by atoms with van der Waals surface area (Å²) in [6, 6.07) is 13.5. The highest BCUT2D eigenvalue weighted by Crippen LogP contribution is 2.37. The monoisotopic (exact) mass is 443 g/mol. The Kier molecular flexibility index (Phi) is 4.69. The van der Waals surface area contributed by atoms with Crippen molar-refractivity contribution in [3.8, 4) is 17.3 Å². The SMILES string of the molecule is Cn1c(-c2cc3cc(O)ccc3n2CC2CC2)nc2cc(C(=O)N3CCC[C@@H](N)C3)ccc21. The van der Waals surface area contributed by atoms with E-state index in [1.54, 1.807) is 6.07 Å². The number of imidazole rings is 1. The number of rotatable bonds is 4. The Labute approximate surface area is 192 Å². The van der Waals surface area contributed by atoms with Gasteiger partial charge in [-0.05, 0) is 74.1 Å². The molecular formula is C26H29N5O2. The number of aromatic nitrogens is 3. The second-order valence-corrected chi connectivity index (χ2v) is 9.68. The Hall–Kier alpha value is -3.32. The number of aryl methyl sites for hydroxylation is 1. The van der Waals surface area contributed by atoms with Crippen molar-refractivity contribution >= 4 is 27.8 Å². The lowest BCUT2D eigenvalue weighted by Crippen LogP contribution is -2.45. The highest BCUT2D eigenvalue weighted by molar-refractivity contribution is 5.98. The van der Waals surface area contributed by atoms with Gasteiger partial charge in [-0.3, -0.25) is 4.79 Å². The maximum absolute atomic E-state index is 13.1. The summed E-state index contributed by atoms with van der Waals surface area (Å²) in [4.78, 5) is 19.9. The van der Waals surface area contributed by atoms with Gasteiger partial charge in [-0.2, -0.15) is 0 Å². The number of phenolic OH excluding ortho intramolecular Hbond substituents is 1. The van der Waals surface area contributed by atoms with Gasteiger partial charge in [-0.1, -0.05) is 0 Å². The Balaban J connectivity index is 1.42. The van der Waals surface area contributed by atoms with Gasteiger partial charge in [0.05, 0.1) is 16.7 Å².